The molecular weight excluding hydrogens is 388 g/mol. The molecule has 158 valence electrons. The Hall–Kier alpha value is -2.22. The van der Waals surface area contributed by atoms with E-state index in [2.05, 4.69) is 42.9 Å². The molecule has 2 rings (SSSR count). The second kappa shape index (κ2) is 10.5. The van der Waals surface area contributed by atoms with Crippen LogP contribution in [0.1, 0.15) is 48.3 Å². The van der Waals surface area contributed by atoms with Crippen molar-refractivity contribution in [3.8, 4) is 0 Å². The number of benzene rings is 2. The summed E-state index contributed by atoms with van der Waals surface area (Å²) in [5.74, 6) is -0.0318. The van der Waals surface area contributed by atoms with Crippen molar-refractivity contribution in [2.75, 3.05) is 20.3 Å². The summed E-state index contributed by atoms with van der Waals surface area (Å²) in [5.41, 5.74) is 2.71. The molecule has 29 heavy (non-hydrogen) atoms. The Morgan fingerprint density at radius 3 is 2.17 bits per heavy atom. The first-order chi connectivity index (χ1) is 13.8. The average Bonchev–Trinajstić information content (AvgIpc) is 2.72. The summed E-state index contributed by atoms with van der Waals surface area (Å²) in [5, 5.41) is 3.07. The number of sulfonamides is 1. The van der Waals surface area contributed by atoms with Crippen LogP contribution in [0.15, 0.2) is 53.4 Å². The van der Waals surface area contributed by atoms with Crippen LogP contribution in [-0.4, -0.2) is 34.6 Å². The second-order valence-electron chi connectivity index (χ2n) is 7.21. The molecule has 1 amide bonds. The van der Waals surface area contributed by atoms with Gasteiger partial charge in [0, 0.05) is 19.2 Å². The summed E-state index contributed by atoms with van der Waals surface area (Å²) in [6.07, 6.45) is 0.967. The van der Waals surface area contributed by atoms with Gasteiger partial charge in [-0.15, -0.1) is 0 Å². The summed E-state index contributed by atoms with van der Waals surface area (Å²) in [6.45, 7) is 6.69. The van der Waals surface area contributed by atoms with Gasteiger partial charge in [-0.05, 0) is 47.7 Å². The van der Waals surface area contributed by atoms with Crippen molar-refractivity contribution in [1.82, 2.24) is 10.0 Å². The molecule has 0 aliphatic heterocycles. The summed E-state index contributed by atoms with van der Waals surface area (Å²) in [6, 6.07) is 14.0. The number of ether oxygens (including phenoxy) is 1. The van der Waals surface area contributed by atoms with Crippen LogP contribution in [-0.2, 0) is 21.2 Å². The maximum absolute atomic E-state index is 12.7. The Labute approximate surface area is 173 Å². The summed E-state index contributed by atoms with van der Waals surface area (Å²) in [7, 11) is -2.12. The minimum absolute atomic E-state index is 0.112. The van der Waals surface area contributed by atoms with Crippen LogP contribution in [0.4, 0.5) is 0 Å². The molecule has 0 fully saturated rings. The molecule has 0 aromatic heterocycles. The van der Waals surface area contributed by atoms with Gasteiger partial charge in [-0.3, -0.25) is 4.79 Å². The summed E-state index contributed by atoms with van der Waals surface area (Å²) < 4.78 is 31.7. The molecule has 0 heterocycles. The fourth-order valence-corrected chi connectivity index (χ4v) is 3.98. The minimum atomic E-state index is -3.62. The fraction of sp³-hybridized carbons (Fsp3) is 0.409. The Kier molecular flexibility index (Phi) is 8.37. The molecule has 1 atom stereocenters. The topological polar surface area (TPSA) is 84.5 Å². The van der Waals surface area contributed by atoms with Gasteiger partial charge in [0.2, 0.25) is 10.0 Å². The lowest BCUT2D eigenvalue weighted by Crippen LogP contribution is -2.32. The van der Waals surface area contributed by atoms with E-state index in [0.717, 1.165) is 12.0 Å². The van der Waals surface area contributed by atoms with E-state index in [9.17, 15) is 13.2 Å². The van der Waals surface area contributed by atoms with Crippen molar-refractivity contribution >= 4 is 15.9 Å². The minimum Gasteiger partial charge on any atom is -0.383 e. The fourth-order valence-electron chi connectivity index (χ4n) is 2.97. The van der Waals surface area contributed by atoms with E-state index >= 15 is 0 Å². The Morgan fingerprint density at radius 1 is 1.03 bits per heavy atom. The quantitative estimate of drug-likeness (QED) is 0.580. The first kappa shape index (κ1) is 23.1. The standard InChI is InChI=1S/C22H30N2O4S/c1-5-17-6-8-18(9-7-17)21(16(2)3)24-22(25)19-10-12-20(13-11-19)29(26,27)23-14-15-28-4/h6-13,16,21,23H,5,14-15H2,1-4H3,(H,24,25). The van der Waals surface area contributed by atoms with Crippen molar-refractivity contribution in [2.24, 2.45) is 5.92 Å². The molecule has 6 nitrogen and oxygen atoms in total. The highest BCUT2D eigenvalue weighted by Gasteiger charge is 2.20. The average molecular weight is 419 g/mol. The zero-order chi connectivity index (χ0) is 21.4. The maximum atomic E-state index is 12.7. The zero-order valence-electron chi connectivity index (χ0n) is 17.4. The SMILES string of the molecule is CCc1ccc(C(NC(=O)c2ccc(S(=O)(=O)NCCOC)cc2)C(C)C)cc1. The van der Waals surface area contributed by atoms with Crippen molar-refractivity contribution in [1.29, 1.82) is 0 Å². The number of rotatable bonds is 10. The molecule has 0 spiro atoms. The number of nitrogens with one attached hydrogen (secondary N) is 2. The van der Waals surface area contributed by atoms with Gasteiger partial charge in [0.15, 0.2) is 0 Å². The van der Waals surface area contributed by atoms with Crippen LogP contribution in [0.5, 0.6) is 0 Å². The third kappa shape index (κ3) is 6.39. The molecule has 7 heteroatoms. The molecule has 1 unspecified atom stereocenters. The van der Waals surface area contributed by atoms with E-state index in [-0.39, 0.29) is 35.9 Å². The first-order valence-corrected chi connectivity index (χ1v) is 11.2. The predicted octanol–water partition coefficient (Wildman–Crippen LogP) is 3.30. The largest absolute Gasteiger partial charge is 0.383 e. The van der Waals surface area contributed by atoms with Crippen LogP contribution in [0.25, 0.3) is 0 Å². The molecule has 0 saturated carbocycles. The molecule has 0 radical (unpaired) electrons. The number of amides is 1. The third-order valence-corrected chi connectivity index (χ3v) is 6.20. The van der Waals surface area contributed by atoms with Crippen molar-refractivity contribution < 1.29 is 17.9 Å². The van der Waals surface area contributed by atoms with E-state index in [4.69, 9.17) is 4.74 Å². The molecule has 2 aromatic rings. The lowest BCUT2D eigenvalue weighted by Gasteiger charge is -2.23. The first-order valence-electron chi connectivity index (χ1n) is 9.76. The second-order valence-corrected chi connectivity index (χ2v) is 8.97. The van der Waals surface area contributed by atoms with Gasteiger partial charge < -0.3 is 10.1 Å². The van der Waals surface area contributed by atoms with Crippen LogP contribution in [0, 0.1) is 5.92 Å². The van der Waals surface area contributed by atoms with Crippen molar-refractivity contribution in [2.45, 2.75) is 38.1 Å². The third-order valence-electron chi connectivity index (χ3n) is 4.73. The van der Waals surface area contributed by atoms with Crippen molar-refractivity contribution in [3.63, 3.8) is 0 Å². The highest BCUT2D eigenvalue weighted by Crippen LogP contribution is 2.23. The number of hydrogen-bond donors (Lipinski definition) is 2. The van der Waals surface area contributed by atoms with Gasteiger partial charge in [0.05, 0.1) is 17.5 Å². The number of aryl methyl sites for hydroxylation is 1. The van der Waals surface area contributed by atoms with Gasteiger partial charge in [-0.25, -0.2) is 13.1 Å². The summed E-state index contributed by atoms with van der Waals surface area (Å²) >= 11 is 0. The van der Waals surface area contributed by atoms with E-state index in [1.54, 1.807) is 0 Å². The van der Waals surface area contributed by atoms with Crippen LogP contribution < -0.4 is 10.0 Å². The number of carbonyl (C=O) groups is 1. The van der Waals surface area contributed by atoms with Gasteiger partial charge in [-0.1, -0.05) is 45.0 Å². The van der Waals surface area contributed by atoms with Crippen LogP contribution >= 0.6 is 0 Å². The molecule has 0 bridgehead atoms. The van der Waals surface area contributed by atoms with E-state index < -0.39 is 10.0 Å². The normalized spacial score (nSPS) is 12.7. The van der Waals surface area contributed by atoms with Crippen LogP contribution in [0.2, 0.25) is 0 Å². The number of methoxy groups -OCH3 is 1. The van der Waals surface area contributed by atoms with Gasteiger partial charge in [0.1, 0.15) is 0 Å². The number of hydrogen-bond acceptors (Lipinski definition) is 4. The maximum Gasteiger partial charge on any atom is 0.251 e. The lowest BCUT2D eigenvalue weighted by atomic mass is 9.94. The Bertz CT molecular complexity index is 891. The van der Waals surface area contributed by atoms with E-state index in [0.29, 0.717) is 5.56 Å². The van der Waals surface area contributed by atoms with E-state index in [1.807, 2.05) is 12.1 Å². The van der Waals surface area contributed by atoms with Crippen molar-refractivity contribution in [3.05, 3.63) is 65.2 Å². The van der Waals surface area contributed by atoms with Gasteiger partial charge in [0.25, 0.3) is 5.91 Å². The predicted molar refractivity (Wildman–Crippen MR) is 114 cm³/mol. The summed E-state index contributed by atoms with van der Waals surface area (Å²) in [4.78, 5) is 12.8. The zero-order valence-corrected chi connectivity index (χ0v) is 18.3. The number of carbonyl (C=O) groups excluding carboxylic acids is 1. The highest BCUT2D eigenvalue weighted by atomic mass is 32.2. The smallest absolute Gasteiger partial charge is 0.251 e. The molecule has 2 N–H and O–H groups in total. The van der Waals surface area contributed by atoms with Gasteiger partial charge in [-0.2, -0.15) is 0 Å². The van der Waals surface area contributed by atoms with Crippen LogP contribution in [0.3, 0.4) is 0 Å². The lowest BCUT2D eigenvalue weighted by molar-refractivity contribution is 0.0925. The highest BCUT2D eigenvalue weighted by molar-refractivity contribution is 7.89. The monoisotopic (exact) mass is 418 g/mol. The molecule has 2 aromatic carbocycles. The molecule has 0 aliphatic carbocycles. The Morgan fingerprint density at radius 2 is 1.66 bits per heavy atom. The molecule has 0 aliphatic rings. The molecular formula is C22H30N2O4S. The molecule has 0 saturated heterocycles. The Balaban J connectivity index is 2.12. The van der Waals surface area contributed by atoms with Gasteiger partial charge >= 0.3 is 0 Å². The van der Waals surface area contributed by atoms with E-state index in [1.165, 1.54) is 36.9 Å².